The zero-order chi connectivity index (χ0) is 15.0. The second-order valence-corrected chi connectivity index (χ2v) is 6.53. The van der Waals surface area contributed by atoms with Crippen molar-refractivity contribution in [2.45, 2.75) is 43.8 Å². The van der Waals surface area contributed by atoms with Crippen molar-refractivity contribution in [2.24, 2.45) is 11.7 Å². The van der Waals surface area contributed by atoms with Crippen molar-refractivity contribution in [3.05, 3.63) is 34.1 Å². The van der Waals surface area contributed by atoms with Crippen molar-refractivity contribution in [2.75, 3.05) is 0 Å². The van der Waals surface area contributed by atoms with Gasteiger partial charge in [-0.1, -0.05) is 22.4 Å². The van der Waals surface area contributed by atoms with Gasteiger partial charge in [0.1, 0.15) is 5.82 Å². The third-order valence-electron chi connectivity index (χ3n) is 3.89. The van der Waals surface area contributed by atoms with Crippen LogP contribution < -0.4 is 5.73 Å². The van der Waals surface area contributed by atoms with E-state index in [0.29, 0.717) is 22.9 Å². The average Bonchev–Trinajstić information content (AvgIpc) is 2.32. The van der Waals surface area contributed by atoms with Crippen LogP contribution in [0.1, 0.15) is 31.2 Å². The molecular weight excluding hydrogens is 338 g/mol. The summed E-state index contributed by atoms with van der Waals surface area (Å²) in [5.41, 5.74) is 5.49. The number of benzene rings is 1. The molecule has 0 aromatic heterocycles. The quantitative estimate of drug-likeness (QED) is 0.773. The summed E-state index contributed by atoms with van der Waals surface area (Å²) < 4.78 is 52.9. The van der Waals surface area contributed by atoms with Gasteiger partial charge in [-0.05, 0) is 49.4 Å². The molecule has 2 unspecified atom stereocenters. The van der Waals surface area contributed by atoms with Crippen LogP contribution in [0.2, 0.25) is 0 Å². The normalized spacial score (nSPS) is 27.6. The van der Waals surface area contributed by atoms with E-state index in [1.807, 2.05) is 0 Å². The molecule has 20 heavy (non-hydrogen) atoms. The van der Waals surface area contributed by atoms with E-state index in [2.05, 4.69) is 15.9 Å². The van der Waals surface area contributed by atoms with Crippen molar-refractivity contribution in [3.8, 4) is 0 Å². The van der Waals surface area contributed by atoms with Crippen LogP contribution in [0.5, 0.6) is 0 Å². The smallest absolute Gasteiger partial charge is 0.325 e. The summed E-state index contributed by atoms with van der Waals surface area (Å²) in [4.78, 5) is 0. The van der Waals surface area contributed by atoms with Gasteiger partial charge in [0.25, 0.3) is 0 Å². The van der Waals surface area contributed by atoms with Gasteiger partial charge < -0.3 is 5.73 Å². The van der Waals surface area contributed by atoms with Crippen molar-refractivity contribution in [1.82, 2.24) is 0 Å². The minimum atomic E-state index is -4.22. The first kappa shape index (κ1) is 15.8. The van der Waals surface area contributed by atoms with Crippen LogP contribution in [-0.4, -0.2) is 11.7 Å². The largest absolute Gasteiger partial charge is 0.391 e. The Labute approximate surface area is 123 Å². The van der Waals surface area contributed by atoms with E-state index in [9.17, 15) is 17.6 Å². The molecule has 112 valence electrons. The summed E-state index contributed by atoms with van der Waals surface area (Å²) in [6.07, 6.45) is -3.20. The molecule has 1 saturated carbocycles. The SMILES string of the molecule is NC1(Cc2cc(Br)ccc2F)CCCC(C(F)(F)F)C1. The Hall–Kier alpha value is -0.620. The fourth-order valence-electron chi connectivity index (χ4n) is 2.89. The third-order valence-corrected chi connectivity index (χ3v) is 4.39. The lowest BCUT2D eigenvalue weighted by Gasteiger charge is -2.39. The van der Waals surface area contributed by atoms with Crippen molar-refractivity contribution < 1.29 is 17.6 Å². The van der Waals surface area contributed by atoms with Crippen LogP contribution in [0.15, 0.2) is 22.7 Å². The van der Waals surface area contributed by atoms with E-state index in [-0.39, 0.29) is 19.3 Å². The molecule has 0 saturated heterocycles. The molecule has 1 aromatic carbocycles. The Kier molecular flexibility index (Phi) is 4.44. The highest BCUT2D eigenvalue weighted by Crippen LogP contribution is 2.42. The molecule has 0 bridgehead atoms. The summed E-state index contributed by atoms with van der Waals surface area (Å²) in [6, 6.07) is 4.44. The molecule has 2 rings (SSSR count). The first-order valence-electron chi connectivity index (χ1n) is 6.49. The molecule has 1 fully saturated rings. The highest BCUT2D eigenvalue weighted by Gasteiger charge is 2.46. The fraction of sp³-hybridized carbons (Fsp3) is 0.571. The van der Waals surface area contributed by atoms with E-state index >= 15 is 0 Å². The molecule has 0 heterocycles. The summed E-state index contributed by atoms with van der Waals surface area (Å²) in [7, 11) is 0. The minimum Gasteiger partial charge on any atom is -0.325 e. The Morgan fingerprint density at radius 1 is 1.35 bits per heavy atom. The number of halogens is 5. The van der Waals surface area contributed by atoms with Crippen LogP contribution in [0.3, 0.4) is 0 Å². The Balaban J connectivity index is 2.16. The highest BCUT2D eigenvalue weighted by atomic mass is 79.9. The molecule has 2 atom stereocenters. The zero-order valence-electron chi connectivity index (χ0n) is 10.8. The average molecular weight is 354 g/mol. The maximum atomic E-state index is 13.7. The highest BCUT2D eigenvalue weighted by molar-refractivity contribution is 9.10. The summed E-state index contributed by atoms with van der Waals surface area (Å²) in [6.45, 7) is 0. The van der Waals surface area contributed by atoms with Gasteiger partial charge in [-0.3, -0.25) is 0 Å². The molecule has 0 amide bonds. The second-order valence-electron chi connectivity index (χ2n) is 5.61. The van der Waals surface area contributed by atoms with Gasteiger partial charge in [-0.2, -0.15) is 13.2 Å². The van der Waals surface area contributed by atoms with Gasteiger partial charge >= 0.3 is 6.18 Å². The Bertz CT molecular complexity index is 489. The predicted octanol–water partition coefficient (Wildman–Crippen LogP) is 4.58. The zero-order valence-corrected chi connectivity index (χ0v) is 12.4. The molecule has 1 aliphatic carbocycles. The van der Waals surface area contributed by atoms with Crippen molar-refractivity contribution >= 4 is 15.9 Å². The Morgan fingerprint density at radius 3 is 2.70 bits per heavy atom. The van der Waals surface area contributed by atoms with Crippen LogP contribution in [0.4, 0.5) is 17.6 Å². The van der Waals surface area contributed by atoms with Crippen LogP contribution >= 0.6 is 15.9 Å². The molecule has 0 radical (unpaired) electrons. The van der Waals surface area contributed by atoms with Gasteiger partial charge in [-0.25, -0.2) is 4.39 Å². The van der Waals surface area contributed by atoms with Crippen LogP contribution in [0.25, 0.3) is 0 Å². The van der Waals surface area contributed by atoms with E-state index in [1.165, 1.54) is 6.07 Å². The van der Waals surface area contributed by atoms with Crippen molar-refractivity contribution in [1.29, 1.82) is 0 Å². The van der Waals surface area contributed by atoms with Crippen LogP contribution in [0, 0.1) is 11.7 Å². The van der Waals surface area contributed by atoms with Gasteiger partial charge in [0.2, 0.25) is 0 Å². The lowest BCUT2D eigenvalue weighted by atomic mass is 9.73. The van der Waals surface area contributed by atoms with Gasteiger partial charge in [0, 0.05) is 10.0 Å². The standard InChI is InChI=1S/C14H16BrF4N/c15-11-3-4-12(16)9(6-11)7-13(20)5-1-2-10(8-13)14(17,18)19/h3-4,6,10H,1-2,5,7-8,20H2. The molecule has 0 aliphatic heterocycles. The third kappa shape index (κ3) is 3.73. The number of alkyl halides is 3. The maximum absolute atomic E-state index is 13.7. The van der Waals surface area contributed by atoms with Gasteiger partial charge in [-0.15, -0.1) is 0 Å². The number of hydrogen-bond donors (Lipinski definition) is 1. The number of hydrogen-bond acceptors (Lipinski definition) is 1. The molecule has 1 aliphatic rings. The lowest BCUT2D eigenvalue weighted by molar-refractivity contribution is -0.187. The number of nitrogens with two attached hydrogens (primary N) is 1. The van der Waals surface area contributed by atoms with Crippen molar-refractivity contribution in [3.63, 3.8) is 0 Å². The lowest BCUT2D eigenvalue weighted by Crippen LogP contribution is -2.49. The van der Waals surface area contributed by atoms with E-state index in [4.69, 9.17) is 5.73 Å². The minimum absolute atomic E-state index is 0.115. The fourth-order valence-corrected chi connectivity index (χ4v) is 3.30. The van der Waals surface area contributed by atoms with Crippen LogP contribution in [-0.2, 0) is 6.42 Å². The molecule has 1 nitrogen and oxygen atoms in total. The molecular formula is C14H16BrF4N. The first-order valence-corrected chi connectivity index (χ1v) is 7.28. The topological polar surface area (TPSA) is 26.0 Å². The number of rotatable bonds is 2. The summed E-state index contributed by atoms with van der Waals surface area (Å²) in [5, 5.41) is 0. The molecule has 0 spiro atoms. The summed E-state index contributed by atoms with van der Waals surface area (Å²) >= 11 is 3.23. The predicted molar refractivity (Wildman–Crippen MR) is 72.7 cm³/mol. The van der Waals surface area contributed by atoms with Gasteiger partial charge in [0.05, 0.1) is 5.92 Å². The molecule has 2 N–H and O–H groups in total. The van der Waals surface area contributed by atoms with E-state index < -0.39 is 23.5 Å². The summed E-state index contributed by atoms with van der Waals surface area (Å²) in [5.74, 6) is -1.80. The van der Waals surface area contributed by atoms with E-state index in [1.54, 1.807) is 12.1 Å². The molecule has 6 heteroatoms. The monoisotopic (exact) mass is 353 g/mol. The first-order chi connectivity index (χ1) is 9.20. The van der Waals surface area contributed by atoms with Gasteiger partial charge in [0.15, 0.2) is 0 Å². The van der Waals surface area contributed by atoms with E-state index in [0.717, 1.165) is 0 Å². The second kappa shape index (κ2) is 5.64. The maximum Gasteiger partial charge on any atom is 0.391 e. The Morgan fingerprint density at radius 2 is 2.05 bits per heavy atom. The molecule has 1 aromatic rings.